The summed E-state index contributed by atoms with van der Waals surface area (Å²) in [6.07, 6.45) is 9.19. The Bertz CT molecular complexity index is 440. The quantitative estimate of drug-likeness (QED) is 0.795. The Labute approximate surface area is 113 Å². The number of benzene rings is 1. The van der Waals surface area contributed by atoms with Crippen LogP contribution in [0.2, 0.25) is 5.02 Å². The van der Waals surface area contributed by atoms with E-state index in [9.17, 15) is 4.39 Å². The fraction of sp³-hybridized carbons (Fsp3) is 0.600. The highest BCUT2D eigenvalue weighted by molar-refractivity contribution is 6.33. The van der Waals surface area contributed by atoms with Gasteiger partial charge in [-0.2, -0.15) is 0 Å². The summed E-state index contributed by atoms with van der Waals surface area (Å²) < 4.78 is 13.3. The Hall–Kier alpha value is -0.760. The van der Waals surface area contributed by atoms with Gasteiger partial charge in [-0.3, -0.25) is 0 Å². The first kappa shape index (κ1) is 12.3. The van der Waals surface area contributed by atoms with Crippen LogP contribution in [0.1, 0.15) is 44.9 Å². The van der Waals surface area contributed by atoms with Gasteiger partial charge in [-0.25, -0.2) is 4.39 Å². The molecule has 0 heterocycles. The Morgan fingerprint density at radius 3 is 2.61 bits per heavy atom. The summed E-state index contributed by atoms with van der Waals surface area (Å²) in [6.45, 7) is 0. The number of halogens is 2. The molecule has 2 saturated carbocycles. The van der Waals surface area contributed by atoms with Crippen LogP contribution in [0.4, 0.5) is 10.1 Å². The molecular formula is C15H19ClFN. The van der Waals surface area contributed by atoms with Gasteiger partial charge in [0, 0.05) is 6.04 Å². The molecule has 1 spiro atoms. The number of rotatable bonds is 2. The topological polar surface area (TPSA) is 12.0 Å². The number of hydrogen-bond acceptors (Lipinski definition) is 1. The second-order valence-electron chi connectivity index (χ2n) is 5.78. The molecule has 1 aromatic carbocycles. The third kappa shape index (κ3) is 2.11. The minimum atomic E-state index is -0.223. The molecule has 1 aromatic rings. The fourth-order valence-electron chi connectivity index (χ4n) is 3.57. The summed E-state index contributed by atoms with van der Waals surface area (Å²) in [5.41, 5.74) is 1.22. The number of nitrogens with one attached hydrogen (secondary N) is 1. The van der Waals surface area contributed by atoms with Crippen LogP contribution < -0.4 is 5.32 Å². The monoisotopic (exact) mass is 267 g/mol. The third-order valence-electron chi connectivity index (χ3n) is 4.78. The average Bonchev–Trinajstić information content (AvgIpc) is 2.39. The minimum absolute atomic E-state index is 0.223. The van der Waals surface area contributed by atoms with Crippen LogP contribution in [0.15, 0.2) is 18.2 Å². The van der Waals surface area contributed by atoms with Crippen molar-refractivity contribution in [2.75, 3.05) is 5.32 Å². The number of hydrogen-bond donors (Lipinski definition) is 1. The van der Waals surface area contributed by atoms with Crippen LogP contribution in [0, 0.1) is 11.2 Å². The Morgan fingerprint density at radius 2 is 1.94 bits per heavy atom. The van der Waals surface area contributed by atoms with Crippen molar-refractivity contribution < 1.29 is 4.39 Å². The maximum atomic E-state index is 13.3. The molecule has 1 N–H and O–H groups in total. The van der Waals surface area contributed by atoms with E-state index in [0.717, 1.165) is 5.69 Å². The molecule has 2 aliphatic rings. The molecule has 0 saturated heterocycles. The predicted molar refractivity (Wildman–Crippen MR) is 73.6 cm³/mol. The molecule has 1 nitrogen and oxygen atoms in total. The molecule has 0 aromatic heterocycles. The molecule has 2 fully saturated rings. The van der Waals surface area contributed by atoms with Gasteiger partial charge in [0.25, 0.3) is 0 Å². The zero-order valence-electron chi connectivity index (χ0n) is 10.5. The van der Waals surface area contributed by atoms with Gasteiger partial charge in [0.2, 0.25) is 0 Å². The molecule has 3 heteroatoms. The first-order valence-corrected chi connectivity index (χ1v) is 7.29. The van der Waals surface area contributed by atoms with Gasteiger partial charge in [0.1, 0.15) is 5.82 Å². The van der Waals surface area contributed by atoms with Crippen molar-refractivity contribution in [3.05, 3.63) is 29.0 Å². The van der Waals surface area contributed by atoms with Crippen LogP contribution in [0.3, 0.4) is 0 Å². The lowest BCUT2D eigenvalue weighted by molar-refractivity contribution is 0.0571. The van der Waals surface area contributed by atoms with E-state index in [1.807, 2.05) is 0 Å². The summed E-state index contributed by atoms with van der Waals surface area (Å²) in [6, 6.07) is 5.03. The van der Waals surface area contributed by atoms with E-state index in [1.165, 1.54) is 57.1 Å². The van der Waals surface area contributed by atoms with Crippen LogP contribution in [-0.4, -0.2) is 6.04 Å². The van der Waals surface area contributed by atoms with Crippen molar-refractivity contribution in [1.29, 1.82) is 0 Å². The van der Waals surface area contributed by atoms with Crippen molar-refractivity contribution in [2.24, 2.45) is 5.41 Å². The SMILES string of the molecule is Fc1ccc(Cl)c(NC2CCC23CCCCC3)c1. The van der Waals surface area contributed by atoms with E-state index in [-0.39, 0.29) is 5.82 Å². The molecule has 0 aliphatic heterocycles. The lowest BCUT2D eigenvalue weighted by atomic mass is 9.57. The van der Waals surface area contributed by atoms with E-state index >= 15 is 0 Å². The van der Waals surface area contributed by atoms with Crippen molar-refractivity contribution in [1.82, 2.24) is 0 Å². The molecule has 0 amide bonds. The molecule has 2 aliphatic carbocycles. The van der Waals surface area contributed by atoms with Crippen LogP contribution in [-0.2, 0) is 0 Å². The molecule has 0 bridgehead atoms. The van der Waals surface area contributed by atoms with Gasteiger partial charge >= 0.3 is 0 Å². The molecule has 18 heavy (non-hydrogen) atoms. The van der Waals surface area contributed by atoms with Crippen LogP contribution >= 0.6 is 11.6 Å². The van der Waals surface area contributed by atoms with E-state index in [4.69, 9.17) is 11.6 Å². The fourth-order valence-corrected chi connectivity index (χ4v) is 3.74. The second kappa shape index (κ2) is 4.73. The van der Waals surface area contributed by atoms with Gasteiger partial charge in [-0.15, -0.1) is 0 Å². The van der Waals surface area contributed by atoms with Gasteiger partial charge in [-0.05, 0) is 49.3 Å². The van der Waals surface area contributed by atoms with Crippen molar-refractivity contribution >= 4 is 17.3 Å². The van der Waals surface area contributed by atoms with E-state index in [1.54, 1.807) is 6.07 Å². The molecule has 0 radical (unpaired) electrons. The van der Waals surface area contributed by atoms with Gasteiger partial charge in [-0.1, -0.05) is 30.9 Å². The van der Waals surface area contributed by atoms with Gasteiger partial charge < -0.3 is 5.32 Å². The highest BCUT2D eigenvalue weighted by Gasteiger charge is 2.46. The Morgan fingerprint density at radius 1 is 1.17 bits per heavy atom. The first-order chi connectivity index (χ1) is 8.70. The zero-order chi connectivity index (χ0) is 12.6. The van der Waals surface area contributed by atoms with Crippen molar-refractivity contribution in [3.8, 4) is 0 Å². The van der Waals surface area contributed by atoms with Crippen molar-refractivity contribution in [2.45, 2.75) is 51.0 Å². The Balaban J connectivity index is 1.74. The second-order valence-corrected chi connectivity index (χ2v) is 6.19. The summed E-state index contributed by atoms with van der Waals surface area (Å²) >= 11 is 6.12. The predicted octanol–water partition coefficient (Wildman–Crippen LogP) is 5.00. The normalized spacial score (nSPS) is 25.8. The van der Waals surface area contributed by atoms with Gasteiger partial charge in [0.05, 0.1) is 10.7 Å². The third-order valence-corrected chi connectivity index (χ3v) is 5.11. The standard InChI is InChI=1S/C15H19ClFN/c16-12-5-4-11(17)10-13(12)18-14-6-9-15(14)7-2-1-3-8-15/h4-5,10,14,18H,1-3,6-9H2. The summed E-state index contributed by atoms with van der Waals surface area (Å²) in [7, 11) is 0. The maximum absolute atomic E-state index is 13.3. The van der Waals surface area contributed by atoms with Crippen LogP contribution in [0.25, 0.3) is 0 Å². The maximum Gasteiger partial charge on any atom is 0.125 e. The molecular weight excluding hydrogens is 249 g/mol. The Kier molecular flexibility index (Phi) is 3.23. The summed E-state index contributed by atoms with van der Waals surface area (Å²) in [4.78, 5) is 0. The van der Waals surface area contributed by atoms with Crippen molar-refractivity contribution in [3.63, 3.8) is 0 Å². The number of anilines is 1. The lowest BCUT2D eigenvalue weighted by Gasteiger charge is -2.52. The van der Waals surface area contributed by atoms with Crippen LogP contribution in [0.5, 0.6) is 0 Å². The average molecular weight is 268 g/mol. The van der Waals surface area contributed by atoms with E-state index in [2.05, 4.69) is 5.32 Å². The molecule has 3 rings (SSSR count). The summed E-state index contributed by atoms with van der Waals surface area (Å²) in [5, 5.41) is 4.10. The van der Waals surface area contributed by atoms with Gasteiger partial charge in [0.15, 0.2) is 0 Å². The lowest BCUT2D eigenvalue weighted by Crippen LogP contribution is -2.50. The van der Waals surface area contributed by atoms with E-state index < -0.39 is 0 Å². The first-order valence-electron chi connectivity index (χ1n) is 6.91. The minimum Gasteiger partial charge on any atom is -0.380 e. The molecule has 98 valence electrons. The largest absolute Gasteiger partial charge is 0.380 e. The summed E-state index contributed by atoms with van der Waals surface area (Å²) in [5.74, 6) is -0.223. The smallest absolute Gasteiger partial charge is 0.125 e. The van der Waals surface area contributed by atoms with E-state index in [0.29, 0.717) is 16.5 Å². The molecule has 1 atom stereocenters. The zero-order valence-corrected chi connectivity index (χ0v) is 11.3. The highest BCUT2D eigenvalue weighted by atomic mass is 35.5. The highest BCUT2D eigenvalue weighted by Crippen LogP contribution is 2.52. The molecule has 1 unspecified atom stereocenters.